The molecule has 1 aliphatic rings. The molecule has 2 N–H and O–H groups in total. The van der Waals surface area contributed by atoms with E-state index in [0.29, 0.717) is 6.04 Å². The summed E-state index contributed by atoms with van der Waals surface area (Å²) in [5, 5.41) is 3.56. The number of nitrogens with one attached hydrogen (secondary N) is 2. The highest BCUT2D eigenvalue weighted by Crippen LogP contribution is 2.16. The van der Waals surface area contributed by atoms with Crippen molar-refractivity contribution in [2.45, 2.75) is 25.6 Å². The molecule has 0 saturated heterocycles. The molecule has 3 rings (SSSR count). The number of benzene rings is 1. The second-order valence-corrected chi connectivity index (χ2v) is 5.66. The van der Waals surface area contributed by atoms with Crippen LogP contribution in [-0.4, -0.2) is 41.6 Å². The molecule has 2 heterocycles. The van der Waals surface area contributed by atoms with Crippen LogP contribution >= 0.6 is 0 Å². The summed E-state index contributed by atoms with van der Waals surface area (Å²) >= 11 is 0. The lowest BCUT2D eigenvalue weighted by atomic mass is 10.0. The zero-order chi connectivity index (χ0) is 14.7. The Hall–Kier alpha value is -1.85. The Morgan fingerprint density at radius 2 is 2.33 bits per heavy atom. The van der Waals surface area contributed by atoms with E-state index in [2.05, 4.69) is 39.4 Å². The minimum atomic E-state index is 0.455. The van der Waals surface area contributed by atoms with Gasteiger partial charge in [0.2, 0.25) is 0 Å². The van der Waals surface area contributed by atoms with Crippen LogP contribution in [0.3, 0.4) is 0 Å². The average Bonchev–Trinajstić information content (AvgIpc) is 2.95. The molecule has 0 bridgehead atoms. The van der Waals surface area contributed by atoms with Gasteiger partial charge in [0.15, 0.2) is 0 Å². The number of ether oxygens (including phenoxy) is 1. The third-order valence-corrected chi connectivity index (χ3v) is 3.93. The Kier molecular flexibility index (Phi) is 4.22. The van der Waals surface area contributed by atoms with Gasteiger partial charge in [0.05, 0.1) is 24.8 Å². The molecule has 1 aromatic carbocycles. The summed E-state index contributed by atoms with van der Waals surface area (Å²) in [5.41, 5.74) is 3.70. The second-order valence-electron chi connectivity index (χ2n) is 5.66. The van der Waals surface area contributed by atoms with E-state index in [-0.39, 0.29) is 0 Å². The van der Waals surface area contributed by atoms with Gasteiger partial charge in [-0.2, -0.15) is 0 Å². The molecule has 0 amide bonds. The summed E-state index contributed by atoms with van der Waals surface area (Å²) in [5.74, 6) is 0.915. The molecule has 21 heavy (non-hydrogen) atoms. The monoisotopic (exact) mass is 286 g/mol. The average molecular weight is 286 g/mol. The van der Waals surface area contributed by atoms with E-state index >= 15 is 0 Å². The van der Waals surface area contributed by atoms with E-state index in [1.807, 2.05) is 12.1 Å². The zero-order valence-electron chi connectivity index (χ0n) is 12.6. The Morgan fingerprint density at radius 1 is 1.43 bits per heavy atom. The standard InChI is InChI=1S/C16H22N4O/c1-20(9-12-4-3-5-14(6-12)21-2)10-13-7-15-16(8-17-13)19-11-18-15/h3-6,11,13,17H,7-10H2,1-2H3,(H,18,19). The van der Waals surface area contributed by atoms with Crippen LogP contribution in [0.25, 0.3) is 0 Å². The molecule has 5 nitrogen and oxygen atoms in total. The molecule has 5 heteroatoms. The fourth-order valence-electron chi connectivity index (χ4n) is 2.88. The van der Waals surface area contributed by atoms with Crippen LogP contribution in [0.1, 0.15) is 17.0 Å². The smallest absolute Gasteiger partial charge is 0.119 e. The number of hydrogen-bond donors (Lipinski definition) is 2. The fourth-order valence-corrected chi connectivity index (χ4v) is 2.88. The molecule has 2 aromatic rings. The SMILES string of the molecule is COc1cccc(CN(C)CC2Cc3nc[nH]c3CN2)c1. The van der Waals surface area contributed by atoms with Crippen LogP contribution in [0.4, 0.5) is 0 Å². The van der Waals surface area contributed by atoms with Gasteiger partial charge in [0.1, 0.15) is 5.75 Å². The van der Waals surface area contributed by atoms with Crippen molar-refractivity contribution in [2.24, 2.45) is 0 Å². The van der Waals surface area contributed by atoms with Gasteiger partial charge < -0.3 is 19.9 Å². The number of fused-ring (bicyclic) bond motifs is 1. The highest BCUT2D eigenvalue weighted by molar-refractivity contribution is 5.28. The maximum absolute atomic E-state index is 5.27. The van der Waals surface area contributed by atoms with Crippen molar-refractivity contribution >= 4 is 0 Å². The maximum atomic E-state index is 5.27. The van der Waals surface area contributed by atoms with Gasteiger partial charge in [-0.25, -0.2) is 4.98 Å². The van der Waals surface area contributed by atoms with Crippen LogP contribution in [0, 0.1) is 0 Å². The third-order valence-electron chi connectivity index (χ3n) is 3.93. The summed E-state index contributed by atoms with van der Waals surface area (Å²) in [6, 6.07) is 8.70. The number of aromatic nitrogens is 2. The van der Waals surface area contributed by atoms with Gasteiger partial charge in [-0.3, -0.25) is 0 Å². The highest BCUT2D eigenvalue weighted by atomic mass is 16.5. The van der Waals surface area contributed by atoms with Crippen LogP contribution < -0.4 is 10.1 Å². The molecule has 1 aliphatic heterocycles. The van der Waals surface area contributed by atoms with Crippen LogP contribution in [0.15, 0.2) is 30.6 Å². The Morgan fingerprint density at radius 3 is 3.19 bits per heavy atom. The molecule has 1 aromatic heterocycles. The molecule has 1 unspecified atom stereocenters. The first-order valence-electron chi connectivity index (χ1n) is 7.30. The van der Waals surface area contributed by atoms with Crippen molar-refractivity contribution in [1.82, 2.24) is 20.2 Å². The topological polar surface area (TPSA) is 53.2 Å². The van der Waals surface area contributed by atoms with Gasteiger partial charge in [-0.05, 0) is 24.7 Å². The summed E-state index contributed by atoms with van der Waals surface area (Å²) in [4.78, 5) is 9.91. The van der Waals surface area contributed by atoms with Crippen molar-refractivity contribution < 1.29 is 4.74 Å². The molecule has 0 radical (unpaired) electrons. The van der Waals surface area contributed by atoms with E-state index in [4.69, 9.17) is 4.74 Å². The van der Waals surface area contributed by atoms with Gasteiger partial charge >= 0.3 is 0 Å². The second kappa shape index (κ2) is 6.28. The lowest BCUT2D eigenvalue weighted by Gasteiger charge is -2.27. The first-order chi connectivity index (χ1) is 10.2. The van der Waals surface area contributed by atoms with Gasteiger partial charge in [-0.15, -0.1) is 0 Å². The lowest BCUT2D eigenvalue weighted by Crippen LogP contribution is -2.43. The molecule has 1 atom stereocenters. The van der Waals surface area contributed by atoms with Gasteiger partial charge in [-0.1, -0.05) is 12.1 Å². The predicted octanol–water partition coefficient (Wildman–Crippen LogP) is 1.56. The van der Waals surface area contributed by atoms with E-state index in [9.17, 15) is 0 Å². The van der Waals surface area contributed by atoms with Gasteiger partial charge in [0.25, 0.3) is 0 Å². The highest BCUT2D eigenvalue weighted by Gasteiger charge is 2.20. The third kappa shape index (κ3) is 3.43. The molecule has 0 saturated carbocycles. The maximum Gasteiger partial charge on any atom is 0.119 e. The summed E-state index contributed by atoms with van der Waals surface area (Å²) in [6.07, 6.45) is 2.77. The van der Waals surface area contributed by atoms with Crippen LogP contribution in [0.2, 0.25) is 0 Å². The molecule has 0 aliphatic carbocycles. The van der Waals surface area contributed by atoms with Crippen molar-refractivity contribution in [3.05, 3.63) is 47.5 Å². The molecule has 0 spiro atoms. The molecule has 0 fully saturated rings. The fraction of sp³-hybridized carbons (Fsp3) is 0.438. The Labute approximate surface area is 125 Å². The van der Waals surface area contributed by atoms with Crippen molar-refractivity contribution in [1.29, 1.82) is 0 Å². The number of aromatic amines is 1. The summed E-state index contributed by atoms with van der Waals surface area (Å²) in [6.45, 7) is 2.80. The van der Waals surface area contributed by atoms with Crippen LogP contribution in [0.5, 0.6) is 5.75 Å². The summed E-state index contributed by atoms with van der Waals surface area (Å²) < 4.78 is 5.27. The number of likely N-dealkylation sites (N-methyl/N-ethyl adjacent to an activating group) is 1. The summed E-state index contributed by atoms with van der Waals surface area (Å²) in [7, 11) is 3.86. The normalized spacial score (nSPS) is 17.8. The lowest BCUT2D eigenvalue weighted by molar-refractivity contribution is 0.272. The van der Waals surface area contributed by atoms with Crippen LogP contribution in [-0.2, 0) is 19.5 Å². The van der Waals surface area contributed by atoms with Crippen molar-refractivity contribution in [3.8, 4) is 5.75 Å². The van der Waals surface area contributed by atoms with E-state index in [1.54, 1.807) is 13.4 Å². The van der Waals surface area contributed by atoms with E-state index in [1.165, 1.54) is 17.0 Å². The van der Waals surface area contributed by atoms with Gasteiger partial charge in [0, 0.05) is 32.1 Å². The number of nitrogens with zero attached hydrogens (tertiary/aromatic N) is 2. The first-order valence-corrected chi connectivity index (χ1v) is 7.30. The minimum absolute atomic E-state index is 0.455. The van der Waals surface area contributed by atoms with E-state index in [0.717, 1.165) is 31.8 Å². The number of imidazole rings is 1. The van der Waals surface area contributed by atoms with Crippen molar-refractivity contribution in [3.63, 3.8) is 0 Å². The number of hydrogen-bond acceptors (Lipinski definition) is 4. The first kappa shape index (κ1) is 14.1. The zero-order valence-corrected chi connectivity index (χ0v) is 12.6. The molecule has 112 valence electrons. The number of H-pyrrole nitrogens is 1. The number of rotatable bonds is 5. The molecular weight excluding hydrogens is 264 g/mol. The Balaban J connectivity index is 1.56. The minimum Gasteiger partial charge on any atom is -0.497 e. The molecular formula is C16H22N4O. The quantitative estimate of drug-likeness (QED) is 0.876. The van der Waals surface area contributed by atoms with E-state index < -0.39 is 0 Å². The largest absolute Gasteiger partial charge is 0.497 e. The number of methoxy groups -OCH3 is 1. The Bertz CT molecular complexity index is 595. The van der Waals surface area contributed by atoms with Crippen molar-refractivity contribution in [2.75, 3.05) is 20.7 Å². The predicted molar refractivity (Wildman–Crippen MR) is 82.2 cm³/mol.